The van der Waals surface area contributed by atoms with Crippen molar-refractivity contribution in [1.29, 1.82) is 5.26 Å². The number of pyridine rings is 1. The summed E-state index contributed by atoms with van der Waals surface area (Å²) < 4.78 is 13.4. The number of anilines is 1. The molecule has 4 nitrogen and oxygen atoms in total. The van der Waals surface area contributed by atoms with Crippen LogP contribution in [0.2, 0.25) is 0 Å². The van der Waals surface area contributed by atoms with Crippen LogP contribution in [0.3, 0.4) is 0 Å². The summed E-state index contributed by atoms with van der Waals surface area (Å²) in [5.74, 6) is 0.434. The predicted octanol–water partition coefficient (Wildman–Crippen LogP) is 8.69. The lowest BCUT2D eigenvalue weighted by atomic mass is 10.0. The normalized spacial score (nSPS) is 9.34. The average molecular weight is 588 g/mol. The molecule has 0 amide bonds. The first-order valence-corrected chi connectivity index (χ1v) is 14.9. The van der Waals surface area contributed by atoms with Crippen molar-refractivity contribution < 1.29 is 4.21 Å². The van der Waals surface area contributed by atoms with Crippen LogP contribution in [0.1, 0.15) is 12.8 Å². The third-order valence-electron chi connectivity index (χ3n) is 4.89. The van der Waals surface area contributed by atoms with Gasteiger partial charge in [-0.25, -0.2) is 4.98 Å². The van der Waals surface area contributed by atoms with Crippen molar-refractivity contribution in [1.82, 2.24) is 4.98 Å². The Hall–Kier alpha value is -5.03. The molecule has 0 radical (unpaired) electrons. The number of nitrogens with zero attached hydrogens (tertiary/aromatic N) is 2. The molecule has 1 unspecified atom stereocenters. The first-order chi connectivity index (χ1) is 20.0. The molecular formula is C34H25N3OS3. The lowest BCUT2D eigenvalue weighted by molar-refractivity contribution is 0.682. The zero-order chi connectivity index (χ0) is 29.9. The first kappa shape index (κ1) is 32.2. The van der Waals surface area contributed by atoms with Gasteiger partial charge in [0.05, 0.1) is 33.1 Å². The molecule has 0 bridgehead atoms. The van der Waals surface area contributed by atoms with Crippen molar-refractivity contribution in [2.75, 3.05) is 11.5 Å². The molecule has 0 aliphatic carbocycles. The summed E-state index contributed by atoms with van der Waals surface area (Å²) in [5, 5.41) is 11.6. The van der Waals surface area contributed by atoms with E-state index in [1.165, 1.54) is 11.3 Å². The number of nitrogen functional groups attached to an aromatic ring is 1. The van der Waals surface area contributed by atoms with Gasteiger partial charge in [0, 0.05) is 17.6 Å². The molecule has 4 aromatic rings. The van der Waals surface area contributed by atoms with Gasteiger partial charge in [-0.15, -0.1) is 22.7 Å². The van der Waals surface area contributed by atoms with Gasteiger partial charge in [-0.05, 0) is 90.0 Å². The standard InChI is InChI=1S/C21H17N3OS3.C8H4.C5H4/c22-10-4-5-12-28(25)21-19(23)18-15(14-7-2-1-3-8-14)13-16(24-20(18)27-21)17-9-6-11-26-17;1-3-5-7-8-6-4-2;1-3-5-4-2/h1-3,6-9,11,13H,4-5,12,23H2;1-2H2;1-2H2. The topological polar surface area (TPSA) is 79.8 Å². The van der Waals surface area contributed by atoms with Crippen LogP contribution in [0.5, 0.6) is 0 Å². The minimum absolute atomic E-state index is 0.395. The molecular weight excluding hydrogens is 563 g/mol. The highest BCUT2D eigenvalue weighted by atomic mass is 32.2. The largest absolute Gasteiger partial charge is 0.396 e. The molecule has 2 N–H and O–H groups in total. The van der Waals surface area contributed by atoms with E-state index in [0.717, 1.165) is 31.9 Å². The second kappa shape index (κ2) is 18.3. The fraction of sp³-hybridized carbons (Fsp3) is 0.0882. The molecule has 0 aliphatic heterocycles. The minimum Gasteiger partial charge on any atom is -0.396 e. The van der Waals surface area contributed by atoms with Gasteiger partial charge < -0.3 is 5.73 Å². The SMILES string of the molecule is C=C=C=C=C.C=C=C=C=C=C=C=C.N#CCCCS(=O)c1sc2nc(-c3cccs3)cc(-c3ccccc3)c2c1N. The zero-order valence-corrected chi connectivity index (χ0v) is 24.7. The van der Waals surface area contributed by atoms with E-state index in [9.17, 15) is 4.21 Å². The van der Waals surface area contributed by atoms with Crippen LogP contribution in [0.15, 0.2) is 136 Å². The molecule has 4 rings (SSSR count). The average Bonchev–Trinajstić information content (AvgIpc) is 3.65. The van der Waals surface area contributed by atoms with E-state index in [4.69, 9.17) is 16.0 Å². The summed E-state index contributed by atoms with van der Waals surface area (Å²) in [4.78, 5) is 6.71. The van der Waals surface area contributed by atoms with Crippen LogP contribution < -0.4 is 5.73 Å². The molecule has 0 spiro atoms. The van der Waals surface area contributed by atoms with Crippen molar-refractivity contribution in [3.8, 4) is 27.8 Å². The maximum absolute atomic E-state index is 12.8. The predicted molar refractivity (Wildman–Crippen MR) is 173 cm³/mol. The molecule has 0 saturated carbocycles. The van der Waals surface area contributed by atoms with E-state index in [0.29, 0.717) is 28.5 Å². The van der Waals surface area contributed by atoms with E-state index in [-0.39, 0.29) is 0 Å². The van der Waals surface area contributed by atoms with E-state index >= 15 is 0 Å². The third kappa shape index (κ3) is 9.90. The van der Waals surface area contributed by atoms with Crippen LogP contribution in [-0.4, -0.2) is 14.9 Å². The summed E-state index contributed by atoms with van der Waals surface area (Å²) in [6, 6.07) is 18.3. The number of nitriles is 1. The molecule has 7 heteroatoms. The van der Waals surface area contributed by atoms with Gasteiger partial charge in [-0.1, -0.05) is 59.3 Å². The number of fused-ring (bicyclic) bond motifs is 1. The fourth-order valence-electron chi connectivity index (χ4n) is 3.25. The molecule has 200 valence electrons. The lowest BCUT2D eigenvalue weighted by Crippen LogP contribution is -1.99. The summed E-state index contributed by atoms with van der Waals surface area (Å²) in [5.41, 5.74) is 31.5. The summed E-state index contributed by atoms with van der Waals surface area (Å²) >= 11 is 3.04. The molecule has 3 heterocycles. The van der Waals surface area contributed by atoms with E-state index in [1.54, 1.807) is 11.3 Å². The van der Waals surface area contributed by atoms with Crippen LogP contribution in [-0.2, 0) is 10.8 Å². The van der Waals surface area contributed by atoms with Gasteiger partial charge in [-0.3, -0.25) is 4.21 Å². The van der Waals surface area contributed by atoms with Gasteiger partial charge in [0.2, 0.25) is 0 Å². The van der Waals surface area contributed by atoms with Crippen molar-refractivity contribution in [2.24, 2.45) is 0 Å². The maximum Gasteiger partial charge on any atom is 0.127 e. The Labute approximate surface area is 250 Å². The van der Waals surface area contributed by atoms with Gasteiger partial charge in [0.1, 0.15) is 9.04 Å². The fourth-order valence-corrected chi connectivity index (χ4v) is 6.59. The second-order valence-electron chi connectivity index (χ2n) is 7.53. The number of benzene rings is 1. The highest BCUT2D eigenvalue weighted by Gasteiger charge is 2.21. The van der Waals surface area contributed by atoms with Gasteiger partial charge in [0.25, 0.3) is 0 Å². The number of hydrogen-bond donors (Lipinski definition) is 1. The molecule has 0 aliphatic rings. The Balaban J connectivity index is 0.000000379. The number of hydrogen-bond acceptors (Lipinski definition) is 6. The van der Waals surface area contributed by atoms with Crippen LogP contribution in [0.4, 0.5) is 5.69 Å². The number of unbranched alkanes of at least 4 members (excludes halogenated alkanes) is 1. The molecule has 41 heavy (non-hydrogen) atoms. The van der Waals surface area contributed by atoms with E-state index in [2.05, 4.69) is 90.0 Å². The monoisotopic (exact) mass is 587 g/mol. The lowest BCUT2D eigenvalue weighted by Gasteiger charge is -2.08. The Kier molecular flexibility index (Phi) is 14.4. The Morgan fingerprint density at radius 2 is 1.56 bits per heavy atom. The Bertz CT molecular complexity index is 1850. The molecule has 1 atom stereocenters. The third-order valence-corrected chi connectivity index (χ3v) is 8.78. The highest BCUT2D eigenvalue weighted by molar-refractivity contribution is 7.87. The van der Waals surface area contributed by atoms with Crippen molar-refractivity contribution >= 4 is 49.4 Å². The quantitative estimate of drug-likeness (QED) is 0.181. The van der Waals surface area contributed by atoms with E-state index in [1.807, 2.05) is 47.8 Å². The highest BCUT2D eigenvalue weighted by Crippen LogP contribution is 2.43. The molecule has 0 saturated heterocycles. The minimum atomic E-state index is -1.23. The Morgan fingerprint density at radius 3 is 2.10 bits per heavy atom. The molecule has 3 aromatic heterocycles. The second-order valence-corrected chi connectivity index (χ2v) is 11.2. The number of nitrogens with two attached hydrogens (primary N) is 1. The number of rotatable bonds is 6. The van der Waals surface area contributed by atoms with E-state index < -0.39 is 10.8 Å². The van der Waals surface area contributed by atoms with Gasteiger partial charge in [0.15, 0.2) is 0 Å². The smallest absolute Gasteiger partial charge is 0.127 e. The summed E-state index contributed by atoms with van der Waals surface area (Å²) in [6.07, 6.45) is 0.989. The van der Waals surface area contributed by atoms with Gasteiger partial charge in [-0.2, -0.15) is 5.26 Å². The summed E-state index contributed by atoms with van der Waals surface area (Å²) in [7, 11) is -1.23. The van der Waals surface area contributed by atoms with Gasteiger partial charge >= 0.3 is 0 Å². The van der Waals surface area contributed by atoms with Crippen molar-refractivity contribution in [3.05, 3.63) is 132 Å². The summed E-state index contributed by atoms with van der Waals surface area (Å²) in [6.45, 7) is 12.9. The zero-order valence-electron chi connectivity index (χ0n) is 22.3. The maximum atomic E-state index is 12.8. The van der Waals surface area contributed by atoms with Crippen molar-refractivity contribution in [3.63, 3.8) is 0 Å². The number of thiophene rings is 2. The molecule has 0 fully saturated rings. The van der Waals surface area contributed by atoms with Crippen LogP contribution >= 0.6 is 22.7 Å². The van der Waals surface area contributed by atoms with Crippen molar-refractivity contribution in [2.45, 2.75) is 17.1 Å². The van der Waals surface area contributed by atoms with Crippen LogP contribution in [0, 0.1) is 11.3 Å². The first-order valence-electron chi connectivity index (χ1n) is 11.9. The van der Waals surface area contributed by atoms with Crippen LogP contribution in [0.25, 0.3) is 31.9 Å². The Morgan fingerprint density at radius 1 is 0.902 bits per heavy atom. The molecule has 1 aromatic carbocycles. The number of aromatic nitrogens is 1.